The molecule has 1 aromatic rings. The second-order valence-electron chi connectivity index (χ2n) is 7.78. The van der Waals surface area contributed by atoms with E-state index in [1.165, 1.54) is 6.07 Å². The second-order valence-corrected chi connectivity index (χ2v) is 7.78. The lowest BCUT2D eigenvalue weighted by Gasteiger charge is -2.46. The first kappa shape index (κ1) is 19.6. The van der Waals surface area contributed by atoms with Crippen LogP contribution in [-0.2, 0) is 6.54 Å². The van der Waals surface area contributed by atoms with E-state index in [-0.39, 0.29) is 16.6 Å². The van der Waals surface area contributed by atoms with Gasteiger partial charge in [-0.25, -0.2) is 6.57 Å². The van der Waals surface area contributed by atoms with Crippen molar-refractivity contribution in [2.75, 3.05) is 19.6 Å². The van der Waals surface area contributed by atoms with E-state index in [9.17, 15) is 13.2 Å². The van der Waals surface area contributed by atoms with Gasteiger partial charge in [0.25, 0.3) is 0 Å². The number of nitrogens with zero attached hydrogens (tertiary/aromatic N) is 2. The second kappa shape index (κ2) is 7.25. The van der Waals surface area contributed by atoms with Crippen LogP contribution in [0.2, 0.25) is 0 Å². The molecule has 0 spiro atoms. The van der Waals surface area contributed by atoms with Gasteiger partial charge in [-0.05, 0) is 37.4 Å². The number of ether oxygens (including phenoxy) is 1. The van der Waals surface area contributed by atoms with Gasteiger partial charge in [-0.15, -0.1) is 13.2 Å². The average Bonchev–Trinajstić information content (AvgIpc) is 2.49. The monoisotopic (exact) mass is 354 g/mol. The van der Waals surface area contributed by atoms with Gasteiger partial charge >= 0.3 is 6.36 Å². The number of halogens is 3. The molecule has 1 aliphatic heterocycles. The summed E-state index contributed by atoms with van der Waals surface area (Å²) in [5.41, 5.74) is 0.530. The van der Waals surface area contributed by atoms with Gasteiger partial charge in [0.2, 0.25) is 6.54 Å². The van der Waals surface area contributed by atoms with Gasteiger partial charge in [0.15, 0.2) is 0 Å². The maximum atomic E-state index is 12.6. The average molecular weight is 354 g/mol. The zero-order chi connectivity index (χ0) is 18.7. The number of benzene rings is 1. The molecule has 2 rings (SSSR count). The topological polar surface area (TPSA) is 16.8 Å². The van der Waals surface area contributed by atoms with E-state index >= 15 is 0 Å². The van der Waals surface area contributed by atoms with E-state index in [0.717, 1.165) is 25.9 Å². The molecule has 0 atom stereocenters. The highest BCUT2D eigenvalue weighted by Crippen LogP contribution is 2.47. The minimum atomic E-state index is -4.69. The summed E-state index contributed by atoms with van der Waals surface area (Å²) in [6.45, 7) is 16.2. The Morgan fingerprint density at radius 3 is 2.28 bits per heavy atom. The summed E-state index contributed by atoms with van der Waals surface area (Å²) in [7, 11) is 0. The van der Waals surface area contributed by atoms with Crippen molar-refractivity contribution in [2.45, 2.75) is 46.5 Å². The van der Waals surface area contributed by atoms with Crippen molar-refractivity contribution in [1.29, 1.82) is 0 Å². The van der Waals surface area contributed by atoms with Crippen LogP contribution in [0.15, 0.2) is 24.3 Å². The first-order valence-corrected chi connectivity index (χ1v) is 8.46. The molecular weight excluding hydrogens is 329 g/mol. The maximum Gasteiger partial charge on any atom is 0.573 e. The van der Waals surface area contributed by atoms with Crippen LogP contribution in [-0.4, -0.2) is 30.9 Å². The Balaban J connectivity index is 2.07. The standard InChI is InChI=1S/C19H25F3N2O/c1-17(2,3)18(14-23-4)9-11-24(12-10-18)13-15-7-5-6-8-16(15)25-19(20,21)22/h5-8H,9-14H2,1-3H3. The molecule has 1 saturated heterocycles. The Kier molecular flexibility index (Phi) is 5.68. The summed E-state index contributed by atoms with van der Waals surface area (Å²) in [5.74, 6) is -0.135. The molecule has 25 heavy (non-hydrogen) atoms. The van der Waals surface area contributed by atoms with Crippen LogP contribution in [0, 0.1) is 17.4 Å². The molecule has 138 valence electrons. The van der Waals surface area contributed by atoms with E-state index in [1.54, 1.807) is 18.2 Å². The van der Waals surface area contributed by atoms with Crippen molar-refractivity contribution in [2.24, 2.45) is 10.8 Å². The molecular formula is C19H25F3N2O. The summed E-state index contributed by atoms with van der Waals surface area (Å²) in [5, 5.41) is 0. The minimum absolute atomic E-state index is 0.0287. The quantitative estimate of drug-likeness (QED) is 0.697. The lowest BCUT2D eigenvalue weighted by molar-refractivity contribution is -0.275. The van der Waals surface area contributed by atoms with Crippen LogP contribution in [0.3, 0.4) is 0 Å². The normalized spacial score (nSPS) is 18.6. The molecule has 0 aliphatic carbocycles. The van der Waals surface area contributed by atoms with Crippen LogP contribution >= 0.6 is 0 Å². The Morgan fingerprint density at radius 1 is 1.16 bits per heavy atom. The van der Waals surface area contributed by atoms with Crippen molar-refractivity contribution >= 4 is 0 Å². The van der Waals surface area contributed by atoms with Crippen molar-refractivity contribution in [1.82, 2.24) is 4.90 Å². The van der Waals surface area contributed by atoms with Crippen molar-refractivity contribution < 1.29 is 17.9 Å². The number of alkyl halides is 3. The van der Waals surface area contributed by atoms with E-state index in [0.29, 0.717) is 18.7 Å². The molecule has 0 bridgehead atoms. The fraction of sp³-hybridized carbons (Fsp3) is 0.632. The number of para-hydroxylation sites is 1. The minimum Gasteiger partial charge on any atom is -0.405 e. The Morgan fingerprint density at radius 2 is 1.76 bits per heavy atom. The Bertz CT molecular complexity index is 621. The summed E-state index contributed by atoms with van der Waals surface area (Å²) in [6, 6.07) is 6.29. The SMILES string of the molecule is [C-]#[N+]CC1(C(C)(C)C)CCN(Cc2ccccc2OC(F)(F)F)CC1. The van der Waals surface area contributed by atoms with E-state index in [1.807, 2.05) is 0 Å². The predicted molar refractivity (Wildman–Crippen MR) is 91.0 cm³/mol. The molecule has 1 fully saturated rings. The third kappa shape index (κ3) is 4.88. The number of hydrogen-bond donors (Lipinski definition) is 0. The highest BCUT2D eigenvalue weighted by Gasteiger charge is 2.46. The number of hydrogen-bond acceptors (Lipinski definition) is 2. The van der Waals surface area contributed by atoms with Crippen molar-refractivity contribution in [3.05, 3.63) is 41.2 Å². The summed E-state index contributed by atoms with van der Waals surface area (Å²) in [6.07, 6.45) is -2.93. The molecule has 0 N–H and O–H groups in total. The summed E-state index contributed by atoms with van der Waals surface area (Å²) in [4.78, 5) is 5.79. The molecule has 0 radical (unpaired) electrons. The number of rotatable bonds is 4. The Labute approximate surface area is 147 Å². The van der Waals surface area contributed by atoms with E-state index < -0.39 is 6.36 Å². The Hall–Kier alpha value is -1.74. The van der Waals surface area contributed by atoms with Crippen LogP contribution in [0.1, 0.15) is 39.2 Å². The smallest absolute Gasteiger partial charge is 0.405 e. The maximum absolute atomic E-state index is 12.6. The lowest BCUT2D eigenvalue weighted by Crippen LogP contribution is -2.48. The van der Waals surface area contributed by atoms with Crippen LogP contribution in [0.25, 0.3) is 4.85 Å². The molecule has 6 heteroatoms. The van der Waals surface area contributed by atoms with Gasteiger partial charge in [0.1, 0.15) is 5.75 Å². The van der Waals surface area contributed by atoms with E-state index in [4.69, 9.17) is 6.57 Å². The molecule has 1 aliphatic rings. The van der Waals surface area contributed by atoms with Gasteiger partial charge in [0, 0.05) is 17.5 Å². The van der Waals surface area contributed by atoms with Gasteiger partial charge in [-0.2, -0.15) is 0 Å². The first-order chi connectivity index (χ1) is 11.6. The number of likely N-dealkylation sites (tertiary alicyclic amines) is 1. The summed E-state index contributed by atoms with van der Waals surface area (Å²) >= 11 is 0. The molecule has 3 nitrogen and oxygen atoms in total. The molecule has 0 aromatic heterocycles. The van der Waals surface area contributed by atoms with Crippen molar-refractivity contribution in [3.63, 3.8) is 0 Å². The van der Waals surface area contributed by atoms with Gasteiger partial charge < -0.3 is 9.58 Å². The van der Waals surface area contributed by atoms with Gasteiger partial charge in [-0.1, -0.05) is 39.0 Å². The molecule has 0 unspecified atom stereocenters. The number of piperidine rings is 1. The van der Waals surface area contributed by atoms with Crippen LogP contribution in [0.4, 0.5) is 13.2 Å². The lowest BCUT2D eigenvalue weighted by atomic mass is 9.61. The van der Waals surface area contributed by atoms with Crippen LogP contribution < -0.4 is 4.74 Å². The molecule has 1 heterocycles. The fourth-order valence-electron chi connectivity index (χ4n) is 3.54. The largest absolute Gasteiger partial charge is 0.573 e. The zero-order valence-corrected chi connectivity index (χ0v) is 15.0. The van der Waals surface area contributed by atoms with Gasteiger partial charge in [-0.3, -0.25) is 4.90 Å². The fourth-order valence-corrected chi connectivity index (χ4v) is 3.54. The molecule has 0 amide bonds. The summed E-state index contributed by atoms with van der Waals surface area (Å²) < 4.78 is 41.8. The third-order valence-electron chi connectivity index (χ3n) is 5.38. The highest BCUT2D eigenvalue weighted by molar-refractivity contribution is 5.33. The zero-order valence-electron chi connectivity index (χ0n) is 15.0. The predicted octanol–water partition coefficient (Wildman–Crippen LogP) is 5.13. The third-order valence-corrected chi connectivity index (χ3v) is 5.38. The van der Waals surface area contributed by atoms with E-state index in [2.05, 4.69) is 35.3 Å². The first-order valence-electron chi connectivity index (χ1n) is 8.46. The van der Waals surface area contributed by atoms with Crippen molar-refractivity contribution in [3.8, 4) is 5.75 Å². The van der Waals surface area contributed by atoms with Crippen LogP contribution in [0.5, 0.6) is 5.75 Å². The van der Waals surface area contributed by atoms with Gasteiger partial charge in [0.05, 0.1) is 0 Å². The highest BCUT2D eigenvalue weighted by atomic mass is 19.4. The molecule has 0 saturated carbocycles. The molecule has 1 aromatic carbocycles.